The molecule has 0 bridgehead atoms. The largest absolute Gasteiger partial charge is 0.496 e. The fourth-order valence-corrected chi connectivity index (χ4v) is 4.62. The van der Waals surface area contributed by atoms with Gasteiger partial charge in [-0.1, -0.05) is 36.4 Å². The van der Waals surface area contributed by atoms with Crippen molar-refractivity contribution < 1.29 is 4.74 Å². The van der Waals surface area contributed by atoms with Crippen LogP contribution in [-0.2, 0) is 13.0 Å². The summed E-state index contributed by atoms with van der Waals surface area (Å²) in [7, 11) is 1.71. The zero-order chi connectivity index (χ0) is 19.1. The van der Waals surface area contributed by atoms with Crippen LogP contribution in [0.15, 0.2) is 53.0 Å². The third kappa shape index (κ3) is 6.06. The molecular formula is C23H31BrN2O. The summed E-state index contributed by atoms with van der Waals surface area (Å²) in [6, 6.07) is 18.3. The Bertz CT molecular complexity index is 699. The average molecular weight is 431 g/mol. The van der Waals surface area contributed by atoms with Crippen molar-refractivity contribution in [3.05, 3.63) is 64.1 Å². The van der Waals surface area contributed by atoms with Gasteiger partial charge in [0.2, 0.25) is 0 Å². The molecule has 27 heavy (non-hydrogen) atoms. The molecule has 1 aliphatic carbocycles. The smallest absolute Gasteiger partial charge is 0.133 e. The molecule has 1 fully saturated rings. The lowest BCUT2D eigenvalue weighted by molar-refractivity contribution is 0.140. The molecule has 0 aromatic heterocycles. The van der Waals surface area contributed by atoms with Crippen LogP contribution in [0.3, 0.4) is 0 Å². The van der Waals surface area contributed by atoms with Crippen LogP contribution in [0.4, 0.5) is 0 Å². The predicted octanol–water partition coefficient (Wildman–Crippen LogP) is 5.16. The standard InChI is InChI=1S/C23H31BrN2O/c1-27-23-14-9-19(16-22(23)24)17-26(21-12-10-20(25)11-13-21)15-5-8-18-6-3-2-4-7-18/h2-4,6-7,9,14,16,20-21H,5,8,10-13,15,17,25H2,1H3. The van der Waals surface area contributed by atoms with Gasteiger partial charge in [-0.25, -0.2) is 0 Å². The Hall–Kier alpha value is -1.36. The van der Waals surface area contributed by atoms with E-state index in [9.17, 15) is 0 Å². The van der Waals surface area contributed by atoms with Crippen LogP contribution in [0, 0.1) is 0 Å². The summed E-state index contributed by atoms with van der Waals surface area (Å²) in [5, 5.41) is 0. The minimum atomic E-state index is 0.391. The first-order valence-electron chi connectivity index (χ1n) is 10.0. The summed E-state index contributed by atoms with van der Waals surface area (Å²) in [5.74, 6) is 0.887. The van der Waals surface area contributed by atoms with Gasteiger partial charge >= 0.3 is 0 Å². The SMILES string of the molecule is COc1ccc(CN(CCCc2ccccc2)C2CCC(N)CC2)cc1Br. The lowest BCUT2D eigenvalue weighted by Gasteiger charge is -2.36. The maximum atomic E-state index is 6.14. The molecule has 0 spiro atoms. The molecule has 0 amide bonds. The number of methoxy groups -OCH3 is 1. The monoisotopic (exact) mass is 430 g/mol. The second kappa shape index (κ2) is 10.3. The summed E-state index contributed by atoms with van der Waals surface area (Å²) >= 11 is 3.62. The number of hydrogen-bond acceptors (Lipinski definition) is 3. The first-order chi connectivity index (χ1) is 13.2. The molecule has 1 saturated carbocycles. The van der Waals surface area contributed by atoms with E-state index in [2.05, 4.69) is 69.4 Å². The van der Waals surface area contributed by atoms with Crippen molar-refractivity contribution in [1.82, 2.24) is 4.90 Å². The van der Waals surface area contributed by atoms with E-state index >= 15 is 0 Å². The van der Waals surface area contributed by atoms with Gasteiger partial charge in [0, 0.05) is 18.6 Å². The Morgan fingerprint density at radius 2 is 1.78 bits per heavy atom. The van der Waals surface area contributed by atoms with E-state index in [0.29, 0.717) is 12.1 Å². The van der Waals surface area contributed by atoms with E-state index in [4.69, 9.17) is 10.5 Å². The molecule has 146 valence electrons. The fourth-order valence-electron chi connectivity index (χ4n) is 4.03. The number of nitrogens with two attached hydrogens (primary N) is 1. The topological polar surface area (TPSA) is 38.5 Å². The van der Waals surface area contributed by atoms with Crippen LogP contribution in [0.1, 0.15) is 43.2 Å². The van der Waals surface area contributed by atoms with Gasteiger partial charge in [0.05, 0.1) is 11.6 Å². The highest BCUT2D eigenvalue weighted by atomic mass is 79.9. The molecule has 2 N–H and O–H groups in total. The van der Waals surface area contributed by atoms with Gasteiger partial charge in [-0.2, -0.15) is 0 Å². The van der Waals surface area contributed by atoms with Crippen LogP contribution in [0.5, 0.6) is 5.75 Å². The zero-order valence-electron chi connectivity index (χ0n) is 16.2. The van der Waals surface area contributed by atoms with E-state index < -0.39 is 0 Å². The van der Waals surface area contributed by atoms with Crippen LogP contribution in [-0.4, -0.2) is 30.6 Å². The molecule has 3 nitrogen and oxygen atoms in total. The Kier molecular flexibility index (Phi) is 7.74. The van der Waals surface area contributed by atoms with Crippen LogP contribution >= 0.6 is 15.9 Å². The number of halogens is 1. The van der Waals surface area contributed by atoms with Crippen molar-refractivity contribution in [2.24, 2.45) is 5.73 Å². The minimum Gasteiger partial charge on any atom is -0.496 e. The van der Waals surface area contributed by atoms with Gasteiger partial charge in [0.15, 0.2) is 0 Å². The Morgan fingerprint density at radius 1 is 1.04 bits per heavy atom. The first kappa shape index (κ1) is 20.4. The molecule has 0 aliphatic heterocycles. The van der Waals surface area contributed by atoms with Crippen LogP contribution in [0.25, 0.3) is 0 Å². The first-order valence-corrected chi connectivity index (χ1v) is 10.8. The summed E-state index contributed by atoms with van der Waals surface area (Å²) in [5.41, 5.74) is 8.90. The summed E-state index contributed by atoms with van der Waals surface area (Å²) in [4.78, 5) is 2.67. The summed E-state index contributed by atoms with van der Waals surface area (Å²) in [6.45, 7) is 2.11. The van der Waals surface area contributed by atoms with Crippen molar-refractivity contribution >= 4 is 15.9 Å². The van der Waals surface area contributed by atoms with Crippen molar-refractivity contribution in [3.8, 4) is 5.75 Å². The molecule has 0 radical (unpaired) electrons. The molecule has 0 heterocycles. The van der Waals surface area contributed by atoms with Crippen molar-refractivity contribution in [1.29, 1.82) is 0 Å². The fraction of sp³-hybridized carbons (Fsp3) is 0.478. The average Bonchev–Trinajstić information content (AvgIpc) is 2.69. The van der Waals surface area contributed by atoms with Gasteiger partial charge in [0.25, 0.3) is 0 Å². The van der Waals surface area contributed by atoms with Crippen molar-refractivity contribution in [3.63, 3.8) is 0 Å². The van der Waals surface area contributed by atoms with E-state index in [1.165, 1.54) is 30.4 Å². The van der Waals surface area contributed by atoms with Gasteiger partial charge in [-0.15, -0.1) is 0 Å². The summed E-state index contributed by atoms with van der Waals surface area (Å²) < 4.78 is 6.40. The predicted molar refractivity (Wildman–Crippen MR) is 116 cm³/mol. The molecule has 0 unspecified atom stereocenters. The van der Waals surface area contributed by atoms with E-state index in [0.717, 1.165) is 42.6 Å². The molecule has 1 aliphatic rings. The normalized spacial score (nSPS) is 20.0. The van der Waals surface area contributed by atoms with Gasteiger partial charge in [0.1, 0.15) is 5.75 Å². The maximum Gasteiger partial charge on any atom is 0.133 e. The second-order valence-corrected chi connectivity index (χ2v) is 8.45. The molecule has 3 rings (SSSR count). The highest BCUT2D eigenvalue weighted by molar-refractivity contribution is 9.10. The molecule has 0 atom stereocenters. The molecule has 4 heteroatoms. The Balaban J connectivity index is 1.64. The Morgan fingerprint density at radius 3 is 2.44 bits per heavy atom. The zero-order valence-corrected chi connectivity index (χ0v) is 17.8. The second-order valence-electron chi connectivity index (χ2n) is 7.60. The minimum absolute atomic E-state index is 0.391. The lowest BCUT2D eigenvalue weighted by Crippen LogP contribution is -2.41. The third-order valence-electron chi connectivity index (χ3n) is 5.61. The quantitative estimate of drug-likeness (QED) is 0.627. The number of ether oxygens (including phenoxy) is 1. The molecular weight excluding hydrogens is 400 g/mol. The molecule has 2 aromatic rings. The Labute approximate surface area is 172 Å². The lowest BCUT2D eigenvalue weighted by atomic mass is 9.90. The van der Waals surface area contributed by atoms with Crippen molar-refractivity contribution in [2.45, 2.75) is 57.2 Å². The number of nitrogens with zero attached hydrogens (tertiary/aromatic N) is 1. The van der Waals surface area contributed by atoms with E-state index in [-0.39, 0.29) is 0 Å². The molecule has 2 aromatic carbocycles. The maximum absolute atomic E-state index is 6.14. The highest BCUT2D eigenvalue weighted by Gasteiger charge is 2.24. The molecule has 0 saturated heterocycles. The van der Waals surface area contributed by atoms with Crippen molar-refractivity contribution in [2.75, 3.05) is 13.7 Å². The van der Waals surface area contributed by atoms with Gasteiger partial charge in [-0.05, 0) is 84.3 Å². The number of rotatable bonds is 8. The summed E-state index contributed by atoms with van der Waals surface area (Å²) in [6.07, 6.45) is 7.03. The number of aryl methyl sites for hydroxylation is 1. The number of benzene rings is 2. The third-order valence-corrected chi connectivity index (χ3v) is 6.23. The van der Waals surface area contributed by atoms with Gasteiger partial charge in [-0.3, -0.25) is 4.90 Å². The van der Waals surface area contributed by atoms with E-state index in [1.807, 2.05) is 0 Å². The van der Waals surface area contributed by atoms with Crippen LogP contribution in [0.2, 0.25) is 0 Å². The number of hydrogen-bond donors (Lipinski definition) is 1. The van der Waals surface area contributed by atoms with E-state index in [1.54, 1.807) is 7.11 Å². The van der Waals surface area contributed by atoms with Gasteiger partial charge < -0.3 is 10.5 Å². The highest BCUT2D eigenvalue weighted by Crippen LogP contribution is 2.28. The van der Waals surface area contributed by atoms with Crippen LogP contribution < -0.4 is 10.5 Å².